The highest BCUT2D eigenvalue weighted by Gasteiger charge is 2.24. The van der Waals surface area contributed by atoms with E-state index in [-0.39, 0.29) is 0 Å². The molecule has 3 heteroatoms. The Bertz CT molecular complexity index is 122. The fourth-order valence-electron chi connectivity index (χ4n) is 0.774. The summed E-state index contributed by atoms with van der Waals surface area (Å²) in [6, 6.07) is 0. The minimum absolute atomic E-state index is 0.402. The second kappa shape index (κ2) is 5.60. The molecule has 0 spiro atoms. The fraction of sp³-hybridized carbons (Fsp3) is 1.00. The average molecular weight is 300 g/mol. The van der Waals surface area contributed by atoms with Crippen LogP contribution in [0.15, 0.2) is 0 Å². The summed E-state index contributed by atoms with van der Waals surface area (Å²) in [4.78, 5) is 0. The van der Waals surface area contributed by atoms with Gasteiger partial charge in [0.25, 0.3) is 0 Å². The summed E-state index contributed by atoms with van der Waals surface area (Å²) in [5.41, 5.74) is 0. The maximum absolute atomic E-state index is 5.99. The number of alkyl halides is 1. The minimum Gasteiger partial charge on any atom is -0.417 e. The Morgan fingerprint density at radius 3 is 2.25 bits per heavy atom. The SMILES string of the molecule is CC(CCI)O[Si@@H](C)C(C)(C)C. The summed E-state index contributed by atoms with van der Waals surface area (Å²) in [6.45, 7) is 11.3. The van der Waals surface area contributed by atoms with Gasteiger partial charge < -0.3 is 4.43 Å². The lowest BCUT2D eigenvalue weighted by molar-refractivity contribution is 0.210. The molecule has 0 fully saturated rings. The van der Waals surface area contributed by atoms with Gasteiger partial charge in [0.1, 0.15) is 0 Å². The normalized spacial score (nSPS) is 17.5. The van der Waals surface area contributed by atoms with Gasteiger partial charge in [-0.05, 0) is 24.9 Å². The fourth-order valence-corrected chi connectivity index (χ4v) is 2.89. The molecule has 2 atom stereocenters. The van der Waals surface area contributed by atoms with Crippen LogP contribution in [-0.4, -0.2) is 19.6 Å². The molecule has 0 rings (SSSR count). The van der Waals surface area contributed by atoms with Crippen molar-refractivity contribution in [3.05, 3.63) is 0 Å². The molecule has 0 aromatic rings. The lowest BCUT2D eigenvalue weighted by atomic mass is 10.3. The van der Waals surface area contributed by atoms with Gasteiger partial charge in [0, 0.05) is 10.5 Å². The van der Waals surface area contributed by atoms with E-state index in [9.17, 15) is 0 Å². The quantitative estimate of drug-likeness (QED) is 0.439. The van der Waals surface area contributed by atoms with Crippen LogP contribution in [0.2, 0.25) is 11.6 Å². The Morgan fingerprint density at radius 1 is 1.42 bits per heavy atom. The van der Waals surface area contributed by atoms with Crippen LogP contribution in [0.5, 0.6) is 0 Å². The van der Waals surface area contributed by atoms with Crippen LogP contribution in [0.4, 0.5) is 0 Å². The van der Waals surface area contributed by atoms with E-state index < -0.39 is 9.04 Å². The summed E-state index contributed by atoms with van der Waals surface area (Å²) in [5.74, 6) is 0. The topological polar surface area (TPSA) is 9.23 Å². The van der Waals surface area contributed by atoms with Gasteiger partial charge in [-0.25, -0.2) is 0 Å². The third-order valence-corrected chi connectivity index (χ3v) is 6.11. The summed E-state index contributed by atoms with van der Waals surface area (Å²) in [6.07, 6.45) is 1.65. The van der Waals surface area contributed by atoms with E-state index in [1.807, 2.05) is 0 Å². The van der Waals surface area contributed by atoms with E-state index in [1.165, 1.54) is 10.8 Å². The van der Waals surface area contributed by atoms with Crippen molar-refractivity contribution >= 4 is 31.6 Å². The second-order valence-electron chi connectivity index (χ2n) is 4.43. The average Bonchev–Trinajstić information content (AvgIpc) is 1.85. The Hall–Kier alpha value is 0.907. The summed E-state index contributed by atoms with van der Waals surface area (Å²) in [7, 11) is -0.983. The van der Waals surface area contributed by atoms with Gasteiger partial charge >= 0.3 is 0 Å². The molecule has 0 saturated heterocycles. The Labute approximate surface area is 92.1 Å². The van der Waals surface area contributed by atoms with Crippen molar-refractivity contribution in [1.82, 2.24) is 0 Å². The molecule has 0 aromatic heterocycles. The van der Waals surface area contributed by atoms with Gasteiger partial charge in [0.15, 0.2) is 9.04 Å². The van der Waals surface area contributed by atoms with Crippen molar-refractivity contribution in [3.8, 4) is 0 Å². The lowest BCUT2D eigenvalue weighted by Crippen LogP contribution is -2.29. The van der Waals surface area contributed by atoms with Gasteiger partial charge in [-0.2, -0.15) is 0 Å². The molecule has 0 aliphatic heterocycles. The minimum atomic E-state index is -0.983. The van der Waals surface area contributed by atoms with Crippen molar-refractivity contribution in [1.29, 1.82) is 0 Å². The first-order valence-corrected chi connectivity index (χ1v) is 8.32. The first-order chi connectivity index (χ1) is 5.38. The van der Waals surface area contributed by atoms with Crippen LogP contribution in [0.3, 0.4) is 0 Å². The first-order valence-electron chi connectivity index (χ1n) is 4.59. The molecule has 0 heterocycles. The van der Waals surface area contributed by atoms with Crippen LogP contribution in [0.1, 0.15) is 34.1 Å². The zero-order valence-electron chi connectivity index (χ0n) is 8.86. The predicted octanol–water partition coefficient (Wildman–Crippen LogP) is 3.37. The standard InChI is InChI=1S/C9H21IOSi/c1-8(6-7-10)11-12(5)9(2,3)4/h8,12H,6-7H2,1-5H3/t8?,12-/m0/s1. The molecule has 1 unspecified atom stereocenters. The summed E-state index contributed by atoms with van der Waals surface area (Å²) >= 11 is 2.41. The molecule has 0 aliphatic rings. The zero-order valence-corrected chi connectivity index (χ0v) is 12.2. The molecule has 12 heavy (non-hydrogen) atoms. The molecular weight excluding hydrogens is 279 g/mol. The number of hydrogen-bond donors (Lipinski definition) is 0. The van der Waals surface area contributed by atoms with E-state index in [0.717, 1.165) is 0 Å². The lowest BCUT2D eigenvalue weighted by Gasteiger charge is -2.28. The van der Waals surface area contributed by atoms with Crippen molar-refractivity contribution in [3.63, 3.8) is 0 Å². The highest BCUT2D eigenvalue weighted by atomic mass is 127. The van der Waals surface area contributed by atoms with E-state index in [0.29, 0.717) is 11.1 Å². The van der Waals surface area contributed by atoms with Crippen LogP contribution >= 0.6 is 22.6 Å². The Balaban J connectivity index is 3.76. The smallest absolute Gasteiger partial charge is 0.179 e. The Kier molecular flexibility index (Phi) is 6.02. The summed E-state index contributed by atoms with van der Waals surface area (Å²) < 4.78 is 7.19. The second-order valence-corrected chi connectivity index (χ2v) is 8.80. The van der Waals surface area contributed by atoms with Gasteiger partial charge in [-0.3, -0.25) is 0 Å². The maximum atomic E-state index is 5.99. The van der Waals surface area contributed by atoms with E-state index in [2.05, 4.69) is 56.8 Å². The molecule has 0 radical (unpaired) electrons. The van der Waals surface area contributed by atoms with E-state index in [4.69, 9.17) is 4.43 Å². The number of halogens is 1. The number of hydrogen-bond acceptors (Lipinski definition) is 1. The number of rotatable bonds is 4. The molecule has 0 N–H and O–H groups in total. The highest BCUT2D eigenvalue weighted by molar-refractivity contribution is 14.1. The third kappa shape index (κ3) is 5.53. The van der Waals surface area contributed by atoms with E-state index in [1.54, 1.807) is 0 Å². The van der Waals surface area contributed by atoms with Crippen LogP contribution in [0, 0.1) is 0 Å². The van der Waals surface area contributed by atoms with Gasteiger partial charge in [-0.1, -0.05) is 43.4 Å². The summed E-state index contributed by atoms with van der Waals surface area (Å²) in [5, 5.41) is 0.402. The molecule has 74 valence electrons. The first kappa shape index (κ1) is 12.9. The van der Waals surface area contributed by atoms with Crippen molar-refractivity contribution in [2.45, 2.75) is 51.8 Å². The molecule has 1 nitrogen and oxygen atoms in total. The van der Waals surface area contributed by atoms with Crippen LogP contribution in [-0.2, 0) is 4.43 Å². The van der Waals surface area contributed by atoms with Crippen LogP contribution in [0.25, 0.3) is 0 Å². The molecule has 0 aromatic carbocycles. The van der Waals surface area contributed by atoms with Crippen molar-refractivity contribution in [2.75, 3.05) is 4.43 Å². The molecule has 0 amide bonds. The van der Waals surface area contributed by atoms with Gasteiger partial charge in [0.2, 0.25) is 0 Å². The molecule has 0 saturated carbocycles. The van der Waals surface area contributed by atoms with Crippen LogP contribution < -0.4 is 0 Å². The molecule has 0 aliphatic carbocycles. The van der Waals surface area contributed by atoms with E-state index >= 15 is 0 Å². The zero-order chi connectivity index (χ0) is 9.78. The maximum Gasteiger partial charge on any atom is 0.179 e. The van der Waals surface area contributed by atoms with Crippen molar-refractivity contribution < 1.29 is 4.43 Å². The third-order valence-electron chi connectivity index (χ3n) is 2.17. The molecule has 0 bridgehead atoms. The monoisotopic (exact) mass is 300 g/mol. The van der Waals surface area contributed by atoms with Gasteiger partial charge in [0.05, 0.1) is 0 Å². The molecular formula is C9H21IOSi. The Morgan fingerprint density at radius 2 is 1.92 bits per heavy atom. The largest absolute Gasteiger partial charge is 0.417 e. The predicted molar refractivity (Wildman–Crippen MR) is 66.8 cm³/mol. The van der Waals surface area contributed by atoms with Gasteiger partial charge in [-0.15, -0.1) is 0 Å². The highest BCUT2D eigenvalue weighted by Crippen LogP contribution is 2.28. The van der Waals surface area contributed by atoms with Crippen molar-refractivity contribution in [2.24, 2.45) is 0 Å².